The first-order chi connectivity index (χ1) is 6.02. The largest absolute Gasteiger partial charge is 0.468 e. The molecule has 1 atom stereocenters. The summed E-state index contributed by atoms with van der Waals surface area (Å²) in [5.74, 6) is -1.24. The smallest absolute Gasteiger partial charge is 0.334 e. The normalized spacial score (nSPS) is 14.5. The van der Waals surface area contributed by atoms with Gasteiger partial charge in [-0.25, -0.2) is 9.59 Å². The fraction of sp³-hybridized carbons (Fsp3) is 0.750. The zero-order valence-electron chi connectivity index (χ0n) is 7.93. The molecule has 0 aliphatic heterocycles. The van der Waals surface area contributed by atoms with Gasteiger partial charge in [0.15, 0.2) is 0 Å². The van der Waals surface area contributed by atoms with Gasteiger partial charge in [0.05, 0.1) is 13.7 Å². The van der Waals surface area contributed by atoms with Crippen molar-refractivity contribution in [3.63, 3.8) is 0 Å². The molecule has 0 aliphatic carbocycles. The number of carbonyl (C=O) groups is 2. The third-order valence-electron chi connectivity index (χ3n) is 1.60. The van der Waals surface area contributed by atoms with E-state index in [4.69, 9.17) is 4.74 Å². The monoisotopic (exact) mass is 252 g/mol. The average Bonchev–Trinajstić information content (AvgIpc) is 2.15. The molecule has 76 valence electrons. The van der Waals surface area contributed by atoms with Crippen LogP contribution >= 0.6 is 15.9 Å². The van der Waals surface area contributed by atoms with Crippen molar-refractivity contribution in [2.45, 2.75) is 24.6 Å². The van der Waals surface area contributed by atoms with Gasteiger partial charge in [0, 0.05) is 0 Å². The van der Waals surface area contributed by atoms with Gasteiger partial charge in [-0.05, 0) is 13.3 Å². The highest BCUT2D eigenvalue weighted by Gasteiger charge is 2.44. The summed E-state index contributed by atoms with van der Waals surface area (Å²) in [4.78, 5) is 22.5. The third-order valence-corrected chi connectivity index (χ3v) is 2.80. The molecule has 0 aromatic rings. The van der Waals surface area contributed by atoms with E-state index in [1.165, 1.54) is 7.11 Å². The Hall–Kier alpha value is -0.580. The molecular weight excluding hydrogens is 240 g/mol. The molecule has 0 saturated carbocycles. The van der Waals surface area contributed by atoms with E-state index >= 15 is 0 Å². The molecule has 0 bridgehead atoms. The van der Waals surface area contributed by atoms with E-state index in [9.17, 15) is 9.59 Å². The van der Waals surface area contributed by atoms with Crippen LogP contribution in [0.25, 0.3) is 0 Å². The molecule has 5 heteroatoms. The Bertz CT molecular complexity index is 204. The minimum absolute atomic E-state index is 0.239. The van der Waals surface area contributed by atoms with Crippen LogP contribution in [0.15, 0.2) is 0 Å². The predicted octanol–water partition coefficient (Wildman–Crippen LogP) is 1.27. The van der Waals surface area contributed by atoms with Crippen molar-refractivity contribution in [2.24, 2.45) is 0 Å². The first-order valence-corrected chi connectivity index (χ1v) is 4.76. The maximum atomic E-state index is 11.3. The standard InChI is InChI=1S/C8H13BrO4/c1-4-8(9,6(10)12-3)7(11)13-5-2/h4-5H2,1-3H3. The number of alkyl halides is 1. The summed E-state index contributed by atoms with van der Waals surface area (Å²) in [5.41, 5.74) is 0. The lowest BCUT2D eigenvalue weighted by Gasteiger charge is -2.20. The van der Waals surface area contributed by atoms with Crippen LogP contribution in [0.5, 0.6) is 0 Å². The summed E-state index contributed by atoms with van der Waals surface area (Å²) in [6.45, 7) is 3.62. The van der Waals surface area contributed by atoms with Gasteiger partial charge in [-0.2, -0.15) is 0 Å². The highest BCUT2D eigenvalue weighted by atomic mass is 79.9. The highest BCUT2D eigenvalue weighted by molar-refractivity contribution is 9.10. The number of halogens is 1. The highest BCUT2D eigenvalue weighted by Crippen LogP contribution is 2.25. The van der Waals surface area contributed by atoms with Crippen molar-refractivity contribution >= 4 is 27.9 Å². The molecule has 0 fully saturated rings. The van der Waals surface area contributed by atoms with Gasteiger partial charge in [0.2, 0.25) is 4.32 Å². The SMILES string of the molecule is CCOC(=O)C(Br)(CC)C(=O)OC. The molecular formula is C8H13BrO4. The lowest BCUT2D eigenvalue weighted by Crippen LogP contribution is -2.42. The molecule has 0 spiro atoms. The molecule has 0 radical (unpaired) electrons. The van der Waals surface area contributed by atoms with Gasteiger partial charge in [0.25, 0.3) is 0 Å². The van der Waals surface area contributed by atoms with Crippen molar-refractivity contribution in [2.75, 3.05) is 13.7 Å². The molecule has 0 rings (SSSR count). The van der Waals surface area contributed by atoms with Crippen molar-refractivity contribution in [1.82, 2.24) is 0 Å². The van der Waals surface area contributed by atoms with E-state index in [0.29, 0.717) is 6.42 Å². The molecule has 0 aromatic heterocycles. The fourth-order valence-electron chi connectivity index (χ4n) is 0.779. The average molecular weight is 253 g/mol. The van der Waals surface area contributed by atoms with Crippen LogP contribution in [0.2, 0.25) is 0 Å². The summed E-state index contributed by atoms with van der Waals surface area (Å²) in [6.07, 6.45) is 0.290. The first kappa shape index (κ1) is 12.4. The van der Waals surface area contributed by atoms with Crippen molar-refractivity contribution < 1.29 is 19.1 Å². The van der Waals surface area contributed by atoms with E-state index in [2.05, 4.69) is 20.7 Å². The number of esters is 2. The van der Waals surface area contributed by atoms with Crippen LogP contribution in [0.3, 0.4) is 0 Å². The summed E-state index contributed by atoms with van der Waals surface area (Å²) in [5, 5.41) is 0. The van der Waals surface area contributed by atoms with Crippen LogP contribution in [0.4, 0.5) is 0 Å². The Morgan fingerprint density at radius 1 is 1.31 bits per heavy atom. The van der Waals surface area contributed by atoms with E-state index in [1.807, 2.05) is 0 Å². The van der Waals surface area contributed by atoms with Gasteiger partial charge in [-0.3, -0.25) is 0 Å². The van der Waals surface area contributed by atoms with Crippen LogP contribution < -0.4 is 0 Å². The summed E-state index contributed by atoms with van der Waals surface area (Å²) < 4.78 is 7.87. The van der Waals surface area contributed by atoms with Gasteiger partial charge in [-0.15, -0.1) is 0 Å². The maximum Gasteiger partial charge on any atom is 0.334 e. The number of hydrogen-bond donors (Lipinski definition) is 0. The first-order valence-electron chi connectivity index (χ1n) is 3.97. The molecule has 0 saturated heterocycles. The van der Waals surface area contributed by atoms with Gasteiger partial charge < -0.3 is 9.47 Å². The Morgan fingerprint density at radius 3 is 2.15 bits per heavy atom. The van der Waals surface area contributed by atoms with Crippen LogP contribution in [0, 0.1) is 0 Å². The van der Waals surface area contributed by atoms with Crippen LogP contribution in [-0.4, -0.2) is 30.0 Å². The predicted molar refractivity (Wildman–Crippen MR) is 50.6 cm³/mol. The molecule has 0 heterocycles. The van der Waals surface area contributed by atoms with E-state index in [1.54, 1.807) is 13.8 Å². The van der Waals surface area contributed by atoms with Crippen molar-refractivity contribution in [3.05, 3.63) is 0 Å². The number of carbonyl (C=O) groups excluding carboxylic acids is 2. The summed E-state index contributed by atoms with van der Waals surface area (Å²) in [6, 6.07) is 0. The Balaban J connectivity index is 4.61. The molecule has 13 heavy (non-hydrogen) atoms. The summed E-state index contributed by atoms with van der Waals surface area (Å²) in [7, 11) is 1.23. The zero-order valence-corrected chi connectivity index (χ0v) is 9.51. The minimum atomic E-state index is -1.35. The minimum Gasteiger partial charge on any atom is -0.468 e. The second-order valence-corrected chi connectivity index (χ2v) is 3.72. The lowest BCUT2D eigenvalue weighted by molar-refractivity contribution is -0.157. The summed E-state index contributed by atoms with van der Waals surface area (Å²) >= 11 is 3.03. The van der Waals surface area contributed by atoms with E-state index < -0.39 is 16.3 Å². The molecule has 0 aliphatic rings. The van der Waals surface area contributed by atoms with E-state index in [0.717, 1.165) is 0 Å². The molecule has 0 amide bonds. The second kappa shape index (κ2) is 5.21. The quantitative estimate of drug-likeness (QED) is 0.430. The van der Waals surface area contributed by atoms with Crippen molar-refractivity contribution in [3.8, 4) is 0 Å². The fourth-order valence-corrected chi connectivity index (χ4v) is 1.06. The maximum absolute atomic E-state index is 11.3. The lowest BCUT2D eigenvalue weighted by atomic mass is 10.1. The molecule has 4 nitrogen and oxygen atoms in total. The zero-order chi connectivity index (χ0) is 10.5. The molecule has 0 N–H and O–H groups in total. The Labute approximate surface area is 85.7 Å². The van der Waals surface area contributed by atoms with Crippen LogP contribution in [-0.2, 0) is 19.1 Å². The number of ether oxygens (including phenoxy) is 2. The topological polar surface area (TPSA) is 52.6 Å². The Morgan fingerprint density at radius 2 is 1.85 bits per heavy atom. The number of methoxy groups -OCH3 is 1. The molecule has 1 unspecified atom stereocenters. The van der Waals surface area contributed by atoms with Crippen molar-refractivity contribution in [1.29, 1.82) is 0 Å². The Kier molecular flexibility index (Phi) is 4.98. The second-order valence-electron chi connectivity index (χ2n) is 2.37. The van der Waals surface area contributed by atoms with Crippen LogP contribution in [0.1, 0.15) is 20.3 Å². The number of hydrogen-bond acceptors (Lipinski definition) is 4. The van der Waals surface area contributed by atoms with Gasteiger partial charge in [-0.1, -0.05) is 22.9 Å². The van der Waals surface area contributed by atoms with E-state index in [-0.39, 0.29) is 6.61 Å². The molecule has 0 aromatic carbocycles. The number of rotatable bonds is 4. The van der Waals surface area contributed by atoms with Gasteiger partial charge >= 0.3 is 11.9 Å². The van der Waals surface area contributed by atoms with Gasteiger partial charge in [0.1, 0.15) is 0 Å². The third kappa shape index (κ3) is 2.69.